The van der Waals surface area contributed by atoms with Crippen LogP contribution in [0.4, 0.5) is 0 Å². The van der Waals surface area contributed by atoms with Gasteiger partial charge in [-0.3, -0.25) is 0 Å². The van der Waals surface area contributed by atoms with Gasteiger partial charge < -0.3 is 4.79 Å². The van der Waals surface area contributed by atoms with E-state index in [9.17, 15) is 4.79 Å². The fourth-order valence-electron chi connectivity index (χ4n) is 3.15. The van der Waals surface area contributed by atoms with Crippen molar-refractivity contribution in [1.82, 2.24) is 0 Å². The summed E-state index contributed by atoms with van der Waals surface area (Å²) in [5.41, 5.74) is 0. The number of carbonyl (C=O) groups excluding carboxylic acids is 1. The highest BCUT2D eigenvalue weighted by Crippen LogP contribution is 2.45. The molecular weight excluding hydrogens is 232 g/mol. The zero-order chi connectivity index (χ0) is 13.9. The van der Waals surface area contributed by atoms with E-state index in [2.05, 4.69) is 6.92 Å². The van der Waals surface area contributed by atoms with E-state index in [0.29, 0.717) is 5.78 Å². The third-order valence-corrected chi connectivity index (χ3v) is 4.60. The van der Waals surface area contributed by atoms with E-state index >= 15 is 0 Å². The Morgan fingerprint density at radius 2 is 1.37 bits per heavy atom. The molecular formula is C18H34O. The van der Waals surface area contributed by atoms with Crippen LogP contribution >= 0.6 is 0 Å². The summed E-state index contributed by atoms with van der Waals surface area (Å²) in [5, 5.41) is 0. The maximum atomic E-state index is 10.8. The Kier molecular flexibility index (Phi) is 9.20. The van der Waals surface area contributed by atoms with Crippen molar-refractivity contribution < 1.29 is 4.79 Å². The molecule has 0 aromatic carbocycles. The average molecular weight is 266 g/mol. The van der Waals surface area contributed by atoms with Crippen molar-refractivity contribution in [1.29, 1.82) is 0 Å². The number of Topliss-reactive ketones (excluding diaryl/α,β-unsaturated/α-hetero) is 1. The molecule has 0 amide bonds. The van der Waals surface area contributed by atoms with Crippen LogP contribution in [-0.2, 0) is 4.79 Å². The summed E-state index contributed by atoms with van der Waals surface area (Å²) < 4.78 is 0. The predicted molar refractivity (Wildman–Crippen MR) is 83.4 cm³/mol. The lowest BCUT2D eigenvalue weighted by Crippen LogP contribution is -1.89. The monoisotopic (exact) mass is 266 g/mol. The van der Waals surface area contributed by atoms with Crippen LogP contribution in [0.2, 0.25) is 0 Å². The number of unbranched alkanes of at least 4 members (excludes halogenated alkanes) is 7. The van der Waals surface area contributed by atoms with Crippen molar-refractivity contribution in [3.63, 3.8) is 0 Å². The summed E-state index contributed by atoms with van der Waals surface area (Å²) in [6, 6.07) is 0. The molecule has 1 fully saturated rings. The first kappa shape index (κ1) is 16.7. The van der Waals surface area contributed by atoms with Gasteiger partial charge in [-0.2, -0.15) is 0 Å². The van der Waals surface area contributed by atoms with Gasteiger partial charge in [-0.25, -0.2) is 0 Å². The van der Waals surface area contributed by atoms with Crippen LogP contribution in [-0.4, -0.2) is 5.78 Å². The lowest BCUT2D eigenvalue weighted by Gasteiger charge is -2.02. The van der Waals surface area contributed by atoms with E-state index in [1.54, 1.807) is 6.92 Å². The molecule has 0 aromatic rings. The molecule has 19 heavy (non-hydrogen) atoms. The molecule has 1 rings (SSSR count). The van der Waals surface area contributed by atoms with E-state index in [0.717, 1.165) is 24.7 Å². The SMILES string of the molecule is CCCC[C@H]1C[C@H]1CCCCCCCCCC(C)=O. The second kappa shape index (κ2) is 10.5. The maximum absolute atomic E-state index is 10.8. The molecule has 0 spiro atoms. The highest BCUT2D eigenvalue weighted by molar-refractivity contribution is 5.75. The van der Waals surface area contributed by atoms with Crippen LogP contribution in [0.5, 0.6) is 0 Å². The van der Waals surface area contributed by atoms with E-state index in [1.165, 1.54) is 70.6 Å². The molecule has 1 aliphatic carbocycles. The summed E-state index contributed by atoms with van der Waals surface area (Å²) in [7, 11) is 0. The Bertz CT molecular complexity index is 234. The van der Waals surface area contributed by atoms with Crippen LogP contribution in [0.3, 0.4) is 0 Å². The fraction of sp³-hybridized carbons (Fsp3) is 0.944. The molecule has 0 radical (unpaired) electrons. The summed E-state index contributed by atoms with van der Waals surface area (Å²) in [6.45, 7) is 4.00. The van der Waals surface area contributed by atoms with Crippen LogP contribution in [0, 0.1) is 11.8 Å². The van der Waals surface area contributed by atoms with Gasteiger partial charge in [-0.1, -0.05) is 71.1 Å². The van der Waals surface area contributed by atoms with Gasteiger partial charge in [0.05, 0.1) is 0 Å². The second-order valence-electron chi connectivity index (χ2n) is 6.61. The molecule has 0 bridgehead atoms. The zero-order valence-electron chi connectivity index (χ0n) is 13.3. The first-order valence-corrected chi connectivity index (χ1v) is 8.73. The molecule has 1 saturated carbocycles. The van der Waals surface area contributed by atoms with Crippen molar-refractivity contribution in [2.75, 3.05) is 0 Å². The molecule has 0 aliphatic heterocycles. The van der Waals surface area contributed by atoms with Crippen LogP contribution in [0.1, 0.15) is 97.3 Å². The Hall–Kier alpha value is -0.330. The van der Waals surface area contributed by atoms with Crippen molar-refractivity contribution in [2.24, 2.45) is 11.8 Å². The number of ketones is 1. The lowest BCUT2D eigenvalue weighted by molar-refractivity contribution is -0.117. The van der Waals surface area contributed by atoms with Gasteiger partial charge in [0.1, 0.15) is 5.78 Å². The van der Waals surface area contributed by atoms with Crippen molar-refractivity contribution in [3.8, 4) is 0 Å². The third-order valence-electron chi connectivity index (χ3n) is 4.60. The smallest absolute Gasteiger partial charge is 0.129 e. The molecule has 0 saturated heterocycles. The highest BCUT2D eigenvalue weighted by atomic mass is 16.1. The fourth-order valence-corrected chi connectivity index (χ4v) is 3.15. The number of hydrogen-bond acceptors (Lipinski definition) is 1. The molecule has 112 valence electrons. The largest absolute Gasteiger partial charge is 0.300 e. The second-order valence-corrected chi connectivity index (χ2v) is 6.61. The molecule has 1 nitrogen and oxygen atoms in total. The molecule has 0 aromatic heterocycles. The number of hydrogen-bond donors (Lipinski definition) is 0. The van der Waals surface area contributed by atoms with Crippen LogP contribution in [0.25, 0.3) is 0 Å². The van der Waals surface area contributed by atoms with E-state index in [4.69, 9.17) is 0 Å². The highest BCUT2D eigenvalue weighted by Gasteiger charge is 2.34. The minimum atomic E-state index is 0.349. The molecule has 1 aliphatic rings. The Balaban J connectivity index is 1.74. The van der Waals surface area contributed by atoms with Crippen LogP contribution < -0.4 is 0 Å². The Morgan fingerprint density at radius 1 is 0.842 bits per heavy atom. The summed E-state index contributed by atoms with van der Waals surface area (Å²) in [5.74, 6) is 2.55. The average Bonchev–Trinajstić information content (AvgIpc) is 3.12. The topological polar surface area (TPSA) is 17.1 Å². The quantitative estimate of drug-likeness (QED) is 0.379. The Morgan fingerprint density at radius 3 is 1.95 bits per heavy atom. The Labute approximate surface area is 120 Å². The lowest BCUT2D eigenvalue weighted by atomic mass is 10.0. The van der Waals surface area contributed by atoms with Gasteiger partial charge >= 0.3 is 0 Å². The van der Waals surface area contributed by atoms with Gasteiger partial charge in [-0.15, -0.1) is 0 Å². The normalized spacial score (nSPS) is 21.6. The summed E-state index contributed by atoms with van der Waals surface area (Å²) in [6.07, 6.45) is 17.5. The zero-order valence-corrected chi connectivity index (χ0v) is 13.3. The molecule has 1 heteroatoms. The third kappa shape index (κ3) is 9.24. The first-order chi connectivity index (χ1) is 9.24. The van der Waals surface area contributed by atoms with E-state index < -0.39 is 0 Å². The van der Waals surface area contributed by atoms with E-state index in [-0.39, 0.29) is 0 Å². The summed E-state index contributed by atoms with van der Waals surface area (Å²) >= 11 is 0. The number of rotatable bonds is 13. The first-order valence-electron chi connectivity index (χ1n) is 8.73. The maximum Gasteiger partial charge on any atom is 0.129 e. The van der Waals surface area contributed by atoms with Crippen molar-refractivity contribution in [3.05, 3.63) is 0 Å². The van der Waals surface area contributed by atoms with Gasteiger partial charge in [0.15, 0.2) is 0 Å². The van der Waals surface area contributed by atoms with Gasteiger partial charge in [-0.05, 0) is 31.6 Å². The molecule has 0 heterocycles. The van der Waals surface area contributed by atoms with Crippen LogP contribution in [0.15, 0.2) is 0 Å². The predicted octanol–water partition coefficient (Wildman–Crippen LogP) is 5.91. The summed E-state index contributed by atoms with van der Waals surface area (Å²) in [4.78, 5) is 10.8. The van der Waals surface area contributed by atoms with E-state index in [1.807, 2.05) is 0 Å². The van der Waals surface area contributed by atoms with Gasteiger partial charge in [0, 0.05) is 6.42 Å². The minimum absolute atomic E-state index is 0.349. The van der Waals surface area contributed by atoms with Gasteiger partial charge in [0.2, 0.25) is 0 Å². The van der Waals surface area contributed by atoms with Crippen molar-refractivity contribution >= 4 is 5.78 Å². The molecule has 0 N–H and O–H groups in total. The van der Waals surface area contributed by atoms with Crippen molar-refractivity contribution in [2.45, 2.75) is 97.3 Å². The van der Waals surface area contributed by atoms with Gasteiger partial charge in [0.25, 0.3) is 0 Å². The standard InChI is InChI=1S/C18H34O/c1-3-4-13-17-15-18(17)14-11-9-7-5-6-8-10-12-16(2)19/h17-18H,3-15H2,1-2H3/t17-,18+/m0/s1. The minimum Gasteiger partial charge on any atom is -0.300 e. The number of carbonyl (C=O) groups is 1. The molecule has 0 unspecified atom stereocenters. The molecule has 2 atom stereocenters.